The Balaban J connectivity index is 1.70. The summed E-state index contributed by atoms with van der Waals surface area (Å²) in [6.45, 7) is 1.81. The maximum atomic E-state index is 12.6. The van der Waals surface area contributed by atoms with Crippen LogP contribution in [0.3, 0.4) is 0 Å². The third-order valence-electron chi connectivity index (χ3n) is 4.54. The molecule has 0 saturated heterocycles. The number of likely N-dealkylation sites (N-methyl/N-ethyl adjacent to an activating group) is 1. The second-order valence-corrected chi connectivity index (χ2v) is 6.80. The van der Waals surface area contributed by atoms with E-state index in [0.29, 0.717) is 24.6 Å². The van der Waals surface area contributed by atoms with Crippen LogP contribution in [0, 0.1) is 0 Å². The molecule has 2 aromatic carbocycles. The molecular formula is C20H21F3N2O2. The molecule has 27 heavy (non-hydrogen) atoms. The molecular weight excluding hydrogens is 357 g/mol. The average Bonchev–Trinajstić information content (AvgIpc) is 2.61. The van der Waals surface area contributed by atoms with Crippen LogP contribution in [0.5, 0.6) is 11.5 Å². The second kappa shape index (κ2) is 7.60. The lowest BCUT2D eigenvalue weighted by atomic mass is 9.99. The fourth-order valence-corrected chi connectivity index (χ4v) is 2.97. The minimum absolute atomic E-state index is 0.0515. The van der Waals surface area contributed by atoms with Crippen LogP contribution in [0.15, 0.2) is 42.5 Å². The van der Waals surface area contributed by atoms with Gasteiger partial charge in [0.2, 0.25) is 5.91 Å². The number of fused-ring (bicyclic) bond motifs is 1. The van der Waals surface area contributed by atoms with Crippen LogP contribution in [0.1, 0.15) is 16.7 Å². The lowest BCUT2D eigenvalue weighted by Gasteiger charge is -2.29. The van der Waals surface area contributed by atoms with E-state index in [2.05, 4.69) is 4.90 Å². The van der Waals surface area contributed by atoms with Crippen molar-refractivity contribution in [2.75, 3.05) is 27.2 Å². The van der Waals surface area contributed by atoms with Crippen molar-refractivity contribution < 1.29 is 22.7 Å². The standard InChI is InChI=1S/C20H21F3N2O2/c1-24(2)19(26)13-25-10-9-14-3-6-18(11-15(14)12-25)27-17-7-4-16(5-8-17)20(21,22)23/h3-8,11H,9-10,12-13H2,1-2H3. The molecule has 0 bridgehead atoms. The first-order valence-electron chi connectivity index (χ1n) is 8.62. The SMILES string of the molecule is CN(C)C(=O)CN1CCc2ccc(Oc3ccc(C(F)(F)F)cc3)cc2C1. The number of halogens is 3. The second-order valence-electron chi connectivity index (χ2n) is 6.80. The van der Waals surface area contributed by atoms with Gasteiger partial charge in [-0.05, 0) is 53.9 Å². The van der Waals surface area contributed by atoms with Crippen LogP contribution in [-0.2, 0) is 23.9 Å². The van der Waals surface area contributed by atoms with E-state index < -0.39 is 11.7 Å². The van der Waals surface area contributed by atoms with Crippen molar-refractivity contribution in [2.24, 2.45) is 0 Å². The Kier molecular flexibility index (Phi) is 5.41. The van der Waals surface area contributed by atoms with E-state index in [1.807, 2.05) is 18.2 Å². The molecule has 7 heteroatoms. The summed E-state index contributed by atoms with van der Waals surface area (Å²) in [5.74, 6) is 0.961. The van der Waals surface area contributed by atoms with Crippen molar-refractivity contribution in [1.29, 1.82) is 0 Å². The number of amides is 1. The van der Waals surface area contributed by atoms with Gasteiger partial charge in [0.15, 0.2) is 0 Å². The number of ether oxygens (including phenoxy) is 1. The Morgan fingerprint density at radius 3 is 2.37 bits per heavy atom. The molecule has 0 aromatic heterocycles. The van der Waals surface area contributed by atoms with E-state index in [-0.39, 0.29) is 5.91 Å². The number of nitrogens with zero attached hydrogens (tertiary/aromatic N) is 2. The predicted molar refractivity (Wildman–Crippen MR) is 95.6 cm³/mol. The minimum atomic E-state index is -4.36. The van der Waals surface area contributed by atoms with Gasteiger partial charge in [0.05, 0.1) is 12.1 Å². The predicted octanol–water partition coefficient (Wildman–Crippen LogP) is 3.94. The molecule has 4 nitrogen and oxygen atoms in total. The molecule has 0 spiro atoms. The van der Waals surface area contributed by atoms with Gasteiger partial charge >= 0.3 is 6.18 Å². The van der Waals surface area contributed by atoms with E-state index in [9.17, 15) is 18.0 Å². The zero-order valence-electron chi connectivity index (χ0n) is 15.2. The molecule has 1 aliphatic heterocycles. The largest absolute Gasteiger partial charge is 0.457 e. The zero-order chi connectivity index (χ0) is 19.6. The van der Waals surface area contributed by atoms with E-state index in [0.717, 1.165) is 30.7 Å². The highest BCUT2D eigenvalue weighted by Crippen LogP contribution is 2.32. The molecule has 0 unspecified atom stereocenters. The number of rotatable bonds is 4. The summed E-state index contributed by atoms with van der Waals surface area (Å²) < 4.78 is 43.6. The number of hydrogen-bond acceptors (Lipinski definition) is 3. The topological polar surface area (TPSA) is 32.8 Å². The van der Waals surface area contributed by atoms with Gasteiger partial charge in [0.25, 0.3) is 0 Å². The summed E-state index contributed by atoms with van der Waals surface area (Å²) >= 11 is 0. The molecule has 0 fully saturated rings. The van der Waals surface area contributed by atoms with Crippen molar-refractivity contribution in [3.63, 3.8) is 0 Å². The van der Waals surface area contributed by atoms with Crippen LogP contribution < -0.4 is 4.74 Å². The quantitative estimate of drug-likeness (QED) is 0.808. The van der Waals surface area contributed by atoms with Crippen LogP contribution >= 0.6 is 0 Å². The number of alkyl halides is 3. The fourth-order valence-electron chi connectivity index (χ4n) is 2.97. The Morgan fingerprint density at radius 2 is 1.74 bits per heavy atom. The Bertz CT molecular complexity index is 817. The first kappa shape index (κ1) is 19.2. The fraction of sp³-hybridized carbons (Fsp3) is 0.350. The molecule has 2 aromatic rings. The maximum Gasteiger partial charge on any atom is 0.416 e. The van der Waals surface area contributed by atoms with Gasteiger partial charge in [-0.3, -0.25) is 9.69 Å². The van der Waals surface area contributed by atoms with Crippen molar-refractivity contribution in [1.82, 2.24) is 9.80 Å². The Labute approximate surface area is 156 Å². The van der Waals surface area contributed by atoms with Crippen molar-refractivity contribution in [3.05, 3.63) is 59.2 Å². The van der Waals surface area contributed by atoms with E-state index in [1.54, 1.807) is 19.0 Å². The highest BCUT2D eigenvalue weighted by atomic mass is 19.4. The van der Waals surface area contributed by atoms with Gasteiger partial charge in [0, 0.05) is 27.2 Å². The first-order chi connectivity index (χ1) is 12.7. The van der Waals surface area contributed by atoms with Gasteiger partial charge < -0.3 is 9.64 Å². The van der Waals surface area contributed by atoms with Gasteiger partial charge in [0.1, 0.15) is 11.5 Å². The molecule has 0 N–H and O–H groups in total. The molecule has 1 heterocycles. The highest BCUT2D eigenvalue weighted by molar-refractivity contribution is 5.77. The normalized spacial score (nSPS) is 14.6. The van der Waals surface area contributed by atoms with Gasteiger partial charge in [-0.1, -0.05) is 6.07 Å². The molecule has 1 amide bonds. The molecule has 0 saturated carbocycles. The number of hydrogen-bond donors (Lipinski definition) is 0. The Morgan fingerprint density at radius 1 is 1.07 bits per heavy atom. The van der Waals surface area contributed by atoms with Crippen LogP contribution in [-0.4, -0.2) is 42.9 Å². The van der Waals surface area contributed by atoms with Gasteiger partial charge in [-0.2, -0.15) is 13.2 Å². The monoisotopic (exact) mass is 378 g/mol. The maximum absolute atomic E-state index is 12.6. The molecule has 3 rings (SSSR count). The van der Waals surface area contributed by atoms with Crippen molar-refractivity contribution >= 4 is 5.91 Å². The number of benzene rings is 2. The van der Waals surface area contributed by atoms with Crippen LogP contribution in [0.4, 0.5) is 13.2 Å². The Hall–Kier alpha value is -2.54. The third-order valence-corrected chi connectivity index (χ3v) is 4.54. The lowest BCUT2D eigenvalue weighted by molar-refractivity contribution is -0.137. The summed E-state index contributed by atoms with van der Waals surface area (Å²) in [7, 11) is 3.46. The average molecular weight is 378 g/mol. The molecule has 0 radical (unpaired) electrons. The van der Waals surface area contributed by atoms with Gasteiger partial charge in [-0.15, -0.1) is 0 Å². The van der Waals surface area contributed by atoms with Gasteiger partial charge in [-0.25, -0.2) is 0 Å². The van der Waals surface area contributed by atoms with Crippen molar-refractivity contribution in [2.45, 2.75) is 19.1 Å². The lowest BCUT2D eigenvalue weighted by Crippen LogP contribution is -2.39. The van der Waals surface area contributed by atoms with Crippen LogP contribution in [0.2, 0.25) is 0 Å². The van der Waals surface area contributed by atoms with Crippen molar-refractivity contribution in [3.8, 4) is 11.5 Å². The molecule has 0 aliphatic carbocycles. The summed E-state index contributed by atoms with van der Waals surface area (Å²) in [6.07, 6.45) is -3.52. The van der Waals surface area contributed by atoms with E-state index >= 15 is 0 Å². The summed E-state index contributed by atoms with van der Waals surface area (Å²) in [5.41, 5.74) is 1.56. The zero-order valence-corrected chi connectivity index (χ0v) is 15.2. The summed E-state index contributed by atoms with van der Waals surface area (Å²) in [4.78, 5) is 15.6. The molecule has 144 valence electrons. The first-order valence-corrected chi connectivity index (χ1v) is 8.62. The van der Waals surface area contributed by atoms with E-state index in [4.69, 9.17) is 4.74 Å². The molecule has 1 aliphatic rings. The third kappa shape index (κ3) is 4.80. The van der Waals surface area contributed by atoms with E-state index in [1.165, 1.54) is 17.7 Å². The molecule has 0 atom stereocenters. The number of carbonyl (C=O) groups is 1. The number of carbonyl (C=O) groups excluding carboxylic acids is 1. The summed E-state index contributed by atoms with van der Waals surface area (Å²) in [5, 5.41) is 0. The summed E-state index contributed by atoms with van der Waals surface area (Å²) in [6, 6.07) is 10.3. The minimum Gasteiger partial charge on any atom is -0.457 e. The smallest absolute Gasteiger partial charge is 0.416 e. The highest BCUT2D eigenvalue weighted by Gasteiger charge is 2.30. The van der Waals surface area contributed by atoms with Crippen LogP contribution in [0.25, 0.3) is 0 Å².